The lowest BCUT2D eigenvalue weighted by Crippen LogP contribution is -2.52. The molecule has 16 heavy (non-hydrogen) atoms. The first-order chi connectivity index (χ1) is 7.14. The van der Waals surface area contributed by atoms with Gasteiger partial charge in [-0.3, -0.25) is 0 Å². The van der Waals surface area contributed by atoms with Crippen molar-refractivity contribution in [1.29, 1.82) is 0 Å². The van der Waals surface area contributed by atoms with Crippen LogP contribution < -0.4 is 10.6 Å². The molecule has 0 fully saturated rings. The van der Waals surface area contributed by atoms with E-state index in [4.69, 9.17) is 5.11 Å². The van der Waals surface area contributed by atoms with E-state index in [0.29, 0.717) is 4.48 Å². The van der Waals surface area contributed by atoms with E-state index in [1.807, 2.05) is 0 Å². The molecule has 1 atom stereocenters. The van der Waals surface area contributed by atoms with Crippen molar-refractivity contribution in [1.82, 2.24) is 10.6 Å². The minimum Gasteiger partial charge on any atom is -0.480 e. The Bertz CT molecular complexity index is 297. The molecule has 0 rings (SSSR count). The zero-order chi connectivity index (χ0) is 12.9. The van der Waals surface area contributed by atoms with Gasteiger partial charge in [-0.25, -0.2) is 9.59 Å². The molecule has 6 heteroatoms. The number of halogens is 1. The summed E-state index contributed by atoms with van der Waals surface area (Å²) in [5.74, 6) is -1.06. The van der Waals surface area contributed by atoms with E-state index >= 15 is 0 Å². The lowest BCUT2D eigenvalue weighted by molar-refractivity contribution is -0.141. The Morgan fingerprint density at radius 2 is 1.94 bits per heavy atom. The molecule has 0 aromatic rings. The van der Waals surface area contributed by atoms with Gasteiger partial charge in [-0.1, -0.05) is 43.3 Å². The third-order valence-electron chi connectivity index (χ3n) is 1.83. The molecular formula is C10H17BrN2O3. The van der Waals surface area contributed by atoms with Gasteiger partial charge < -0.3 is 15.7 Å². The monoisotopic (exact) mass is 292 g/mol. The fourth-order valence-electron chi connectivity index (χ4n) is 1.01. The molecule has 2 amide bonds. The summed E-state index contributed by atoms with van der Waals surface area (Å²) in [7, 11) is 0. The number of hydrogen-bond acceptors (Lipinski definition) is 2. The number of carbonyl (C=O) groups excluding carboxylic acids is 1. The minimum atomic E-state index is -1.06. The molecule has 0 aliphatic carbocycles. The van der Waals surface area contributed by atoms with Crippen molar-refractivity contribution < 1.29 is 14.7 Å². The second-order valence-corrected chi connectivity index (χ2v) is 5.60. The van der Waals surface area contributed by atoms with Crippen LogP contribution >= 0.6 is 15.9 Å². The van der Waals surface area contributed by atoms with Crippen LogP contribution in [0.25, 0.3) is 0 Å². The van der Waals surface area contributed by atoms with Crippen molar-refractivity contribution in [2.75, 3.05) is 6.54 Å². The van der Waals surface area contributed by atoms with Gasteiger partial charge in [0.2, 0.25) is 0 Å². The first-order valence-electron chi connectivity index (χ1n) is 4.75. The van der Waals surface area contributed by atoms with Gasteiger partial charge in [0.1, 0.15) is 6.04 Å². The molecule has 0 aliphatic heterocycles. The first-order valence-corrected chi connectivity index (χ1v) is 5.54. The lowest BCUT2D eigenvalue weighted by atomic mass is 9.87. The third-order valence-corrected chi connectivity index (χ3v) is 2.11. The van der Waals surface area contributed by atoms with Crippen LogP contribution in [0.5, 0.6) is 0 Å². The smallest absolute Gasteiger partial charge is 0.326 e. The summed E-state index contributed by atoms with van der Waals surface area (Å²) in [4.78, 5) is 22.3. The molecular weight excluding hydrogens is 276 g/mol. The second-order valence-electron chi connectivity index (χ2n) is 4.48. The van der Waals surface area contributed by atoms with Crippen molar-refractivity contribution in [3.63, 3.8) is 0 Å². The van der Waals surface area contributed by atoms with Crippen molar-refractivity contribution >= 4 is 27.9 Å². The fraction of sp³-hybridized carbons (Fsp3) is 0.600. The predicted octanol–water partition coefficient (Wildman–Crippen LogP) is 1.69. The zero-order valence-corrected chi connectivity index (χ0v) is 11.2. The van der Waals surface area contributed by atoms with Crippen LogP contribution in [-0.2, 0) is 4.79 Å². The molecule has 0 aliphatic rings. The first kappa shape index (κ1) is 15.0. The van der Waals surface area contributed by atoms with Gasteiger partial charge in [0.25, 0.3) is 0 Å². The summed E-state index contributed by atoms with van der Waals surface area (Å²) >= 11 is 3.08. The van der Waals surface area contributed by atoms with Crippen molar-refractivity contribution in [2.24, 2.45) is 5.41 Å². The molecule has 5 nitrogen and oxygen atoms in total. The SMILES string of the molecule is C=C(Br)CNC(=O)N[C@@H](C(=O)O)C(C)(C)C. The maximum atomic E-state index is 11.4. The quantitative estimate of drug-likeness (QED) is 0.738. The molecule has 0 saturated heterocycles. The number of hydrogen-bond donors (Lipinski definition) is 3. The average Bonchev–Trinajstić information content (AvgIpc) is 2.08. The van der Waals surface area contributed by atoms with E-state index in [2.05, 4.69) is 33.1 Å². The number of nitrogens with one attached hydrogen (secondary N) is 2. The number of aliphatic carboxylic acids is 1. The van der Waals surface area contributed by atoms with E-state index in [9.17, 15) is 9.59 Å². The molecule has 0 saturated carbocycles. The van der Waals surface area contributed by atoms with E-state index in [1.54, 1.807) is 20.8 Å². The summed E-state index contributed by atoms with van der Waals surface area (Å²) in [5, 5.41) is 13.8. The number of urea groups is 1. The van der Waals surface area contributed by atoms with Gasteiger partial charge in [0, 0.05) is 4.48 Å². The van der Waals surface area contributed by atoms with Crippen LogP contribution in [0, 0.1) is 5.41 Å². The number of amides is 2. The Kier molecular flexibility index (Phi) is 5.50. The normalized spacial score (nSPS) is 12.8. The van der Waals surface area contributed by atoms with Crippen LogP contribution in [0.3, 0.4) is 0 Å². The molecule has 0 aromatic carbocycles. The third kappa shape index (κ3) is 5.75. The largest absolute Gasteiger partial charge is 0.480 e. The van der Waals surface area contributed by atoms with E-state index in [1.165, 1.54) is 0 Å². The lowest BCUT2D eigenvalue weighted by Gasteiger charge is -2.27. The molecule has 92 valence electrons. The van der Waals surface area contributed by atoms with Gasteiger partial charge in [-0.05, 0) is 5.41 Å². The topological polar surface area (TPSA) is 78.4 Å². The molecule has 0 heterocycles. The summed E-state index contributed by atoms with van der Waals surface area (Å²) < 4.78 is 0.616. The van der Waals surface area contributed by atoms with Gasteiger partial charge >= 0.3 is 12.0 Å². The maximum Gasteiger partial charge on any atom is 0.326 e. The van der Waals surface area contributed by atoms with Crippen LogP contribution in [0.2, 0.25) is 0 Å². The summed E-state index contributed by atoms with van der Waals surface area (Å²) in [6.07, 6.45) is 0. The highest BCUT2D eigenvalue weighted by Crippen LogP contribution is 2.19. The van der Waals surface area contributed by atoms with Crippen LogP contribution in [-0.4, -0.2) is 29.7 Å². The Morgan fingerprint density at radius 3 is 2.25 bits per heavy atom. The summed E-state index contributed by atoms with van der Waals surface area (Å²) in [6.45, 7) is 9.04. The molecule has 3 N–H and O–H groups in total. The van der Waals surface area contributed by atoms with Crippen LogP contribution in [0.15, 0.2) is 11.1 Å². The number of rotatable bonds is 4. The Balaban J connectivity index is 4.37. The Morgan fingerprint density at radius 1 is 1.44 bits per heavy atom. The average molecular weight is 293 g/mol. The molecule has 0 aromatic heterocycles. The van der Waals surface area contributed by atoms with Gasteiger partial charge in [0.05, 0.1) is 6.54 Å². The number of carbonyl (C=O) groups is 2. The molecule has 0 spiro atoms. The van der Waals surface area contributed by atoms with Crippen LogP contribution in [0.1, 0.15) is 20.8 Å². The molecule has 0 radical (unpaired) electrons. The standard InChI is InChI=1S/C10H17BrN2O3/c1-6(11)5-12-9(16)13-7(8(14)15)10(2,3)4/h7H,1,5H2,2-4H3,(H,14,15)(H2,12,13,16)/t7-/m0/s1. The van der Waals surface area contributed by atoms with E-state index in [-0.39, 0.29) is 6.54 Å². The minimum absolute atomic E-state index is 0.252. The highest BCUT2D eigenvalue weighted by Gasteiger charge is 2.32. The second kappa shape index (κ2) is 5.89. The number of carboxylic acids is 1. The molecule has 0 bridgehead atoms. The van der Waals surface area contributed by atoms with Crippen LogP contribution in [0.4, 0.5) is 4.79 Å². The van der Waals surface area contributed by atoms with Gasteiger partial charge in [-0.2, -0.15) is 0 Å². The Hall–Kier alpha value is -1.04. The van der Waals surface area contributed by atoms with E-state index in [0.717, 1.165) is 0 Å². The molecule has 0 unspecified atom stereocenters. The highest BCUT2D eigenvalue weighted by atomic mass is 79.9. The Labute approximate surface area is 103 Å². The highest BCUT2D eigenvalue weighted by molar-refractivity contribution is 9.11. The van der Waals surface area contributed by atoms with Gasteiger partial charge in [-0.15, -0.1) is 0 Å². The van der Waals surface area contributed by atoms with E-state index < -0.39 is 23.5 Å². The zero-order valence-electron chi connectivity index (χ0n) is 9.63. The summed E-state index contributed by atoms with van der Waals surface area (Å²) in [6, 6.07) is -1.46. The fourth-order valence-corrected chi connectivity index (χ4v) is 1.15. The van der Waals surface area contributed by atoms with Crippen molar-refractivity contribution in [3.8, 4) is 0 Å². The van der Waals surface area contributed by atoms with Gasteiger partial charge in [0.15, 0.2) is 0 Å². The summed E-state index contributed by atoms with van der Waals surface area (Å²) in [5.41, 5.74) is -0.547. The predicted molar refractivity (Wildman–Crippen MR) is 65.5 cm³/mol. The van der Waals surface area contributed by atoms with Crippen molar-refractivity contribution in [2.45, 2.75) is 26.8 Å². The number of carboxylic acid groups (broad SMARTS) is 1. The maximum absolute atomic E-state index is 11.4. The van der Waals surface area contributed by atoms with Crippen molar-refractivity contribution in [3.05, 3.63) is 11.1 Å².